The first kappa shape index (κ1) is 20.5. The van der Waals surface area contributed by atoms with Crippen LogP contribution in [0.25, 0.3) is 0 Å². The van der Waals surface area contributed by atoms with Crippen LogP contribution in [-0.4, -0.2) is 80.4 Å². The number of aliphatic imine (C=N–C) groups is 1. The molecule has 2 aliphatic heterocycles. The van der Waals surface area contributed by atoms with Crippen LogP contribution in [0.2, 0.25) is 0 Å². The third kappa shape index (κ3) is 4.38. The second-order valence-electron chi connectivity index (χ2n) is 8.98. The summed E-state index contributed by atoms with van der Waals surface area (Å²) in [6.45, 7) is 14.3. The highest BCUT2D eigenvalue weighted by molar-refractivity contribution is 5.80. The Morgan fingerprint density at radius 2 is 1.97 bits per heavy atom. The highest BCUT2D eigenvalue weighted by atomic mass is 16.5. The largest absolute Gasteiger partial charge is 0.492 e. The lowest BCUT2D eigenvalue weighted by atomic mass is 9.57. The topological polar surface area (TPSA) is 49.3 Å². The van der Waals surface area contributed by atoms with E-state index in [1.54, 1.807) is 0 Å². The number of benzene rings is 1. The molecular formula is C23H36N4O2. The zero-order valence-corrected chi connectivity index (χ0v) is 18.1. The molecule has 3 unspecified atom stereocenters. The number of para-hydroxylation sites is 1. The van der Waals surface area contributed by atoms with E-state index >= 15 is 0 Å². The maximum atomic E-state index is 5.96. The molecule has 0 bridgehead atoms. The zero-order chi connectivity index (χ0) is 20.3. The van der Waals surface area contributed by atoms with Crippen molar-refractivity contribution in [3.8, 4) is 5.75 Å². The molecule has 2 saturated heterocycles. The Balaban J connectivity index is 1.25. The van der Waals surface area contributed by atoms with Gasteiger partial charge in [-0.2, -0.15) is 0 Å². The number of hydrogen-bond donors (Lipinski definition) is 1. The van der Waals surface area contributed by atoms with E-state index in [4.69, 9.17) is 14.5 Å². The van der Waals surface area contributed by atoms with Crippen molar-refractivity contribution in [3.05, 3.63) is 30.3 Å². The minimum Gasteiger partial charge on any atom is -0.492 e. The van der Waals surface area contributed by atoms with Gasteiger partial charge in [0.05, 0.1) is 6.10 Å². The van der Waals surface area contributed by atoms with Crippen molar-refractivity contribution in [1.82, 2.24) is 15.1 Å². The second-order valence-corrected chi connectivity index (χ2v) is 8.98. The Kier molecular flexibility index (Phi) is 6.30. The summed E-state index contributed by atoms with van der Waals surface area (Å²) in [6.07, 6.45) is 1.57. The summed E-state index contributed by atoms with van der Waals surface area (Å²) in [5, 5.41) is 3.82. The fourth-order valence-electron chi connectivity index (χ4n) is 5.14. The van der Waals surface area contributed by atoms with Gasteiger partial charge < -0.3 is 19.7 Å². The lowest BCUT2D eigenvalue weighted by Gasteiger charge is -2.55. The van der Waals surface area contributed by atoms with Crippen LogP contribution in [0.1, 0.15) is 27.2 Å². The summed E-state index contributed by atoms with van der Waals surface area (Å²) in [6, 6.07) is 10.5. The Labute approximate surface area is 175 Å². The Hall–Kier alpha value is -1.79. The molecule has 0 spiro atoms. The summed E-state index contributed by atoms with van der Waals surface area (Å²) in [7, 11) is 0. The normalized spacial score (nSPS) is 29.3. The predicted molar refractivity (Wildman–Crippen MR) is 116 cm³/mol. The lowest BCUT2D eigenvalue weighted by Crippen LogP contribution is -2.68. The second kappa shape index (κ2) is 8.92. The average Bonchev–Trinajstić information content (AvgIpc) is 3.20. The molecule has 6 heteroatoms. The lowest BCUT2D eigenvalue weighted by molar-refractivity contribution is -0.107. The number of piperazine rings is 1. The Morgan fingerprint density at radius 1 is 1.21 bits per heavy atom. The van der Waals surface area contributed by atoms with Gasteiger partial charge in [0.2, 0.25) is 0 Å². The van der Waals surface area contributed by atoms with Crippen LogP contribution in [0.15, 0.2) is 35.3 Å². The van der Waals surface area contributed by atoms with E-state index in [0.29, 0.717) is 18.1 Å². The van der Waals surface area contributed by atoms with Crippen LogP contribution in [0.4, 0.5) is 0 Å². The van der Waals surface area contributed by atoms with Gasteiger partial charge in [-0.05, 0) is 25.5 Å². The molecule has 1 aliphatic carbocycles. The van der Waals surface area contributed by atoms with Crippen molar-refractivity contribution >= 4 is 5.96 Å². The third-order valence-electron chi connectivity index (χ3n) is 6.78. The van der Waals surface area contributed by atoms with Crippen molar-refractivity contribution in [2.24, 2.45) is 16.3 Å². The molecule has 1 aromatic rings. The Morgan fingerprint density at radius 3 is 2.69 bits per heavy atom. The Bertz CT molecular complexity index is 685. The van der Waals surface area contributed by atoms with Crippen LogP contribution in [0.3, 0.4) is 0 Å². The summed E-state index contributed by atoms with van der Waals surface area (Å²) in [5.41, 5.74) is 0.173. The van der Waals surface area contributed by atoms with Crippen LogP contribution < -0.4 is 10.1 Å². The fraction of sp³-hybridized carbons (Fsp3) is 0.696. The van der Waals surface area contributed by atoms with Crippen LogP contribution in [0, 0.1) is 11.3 Å². The molecule has 29 heavy (non-hydrogen) atoms. The maximum Gasteiger partial charge on any atom is 0.194 e. The molecule has 3 aliphatic rings. The van der Waals surface area contributed by atoms with Crippen LogP contribution in [0.5, 0.6) is 5.75 Å². The maximum absolute atomic E-state index is 5.96. The number of ether oxygens (including phenoxy) is 2. The van der Waals surface area contributed by atoms with Gasteiger partial charge in [-0.1, -0.05) is 32.0 Å². The molecule has 3 atom stereocenters. The highest BCUT2D eigenvalue weighted by Gasteiger charge is 2.59. The molecule has 1 aromatic carbocycles. The molecule has 3 fully saturated rings. The molecule has 1 N–H and O–H groups in total. The van der Waals surface area contributed by atoms with E-state index in [2.05, 4.69) is 35.9 Å². The first-order valence-corrected chi connectivity index (χ1v) is 11.2. The molecule has 160 valence electrons. The zero-order valence-electron chi connectivity index (χ0n) is 18.1. The number of fused-ring (bicyclic) bond motifs is 1. The molecular weight excluding hydrogens is 364 g/mol. The molecule has 6 nitrogen and oxygen atoms in total. The molecule has 0 radical (unpaired) electrons. The van der Waals surface area contributed by atoms with Crippen molar-refractivity contribution in [1.29, 1.82) is 0 Å². The average molecular weight is 401 g/mol. The first-order valence-electron chi connectivity index (χ1n) is 11.2. The first-order chi connectivity index (χ1) is 14.1. The fourth-order valence-corrected chi connectivity index (χ4v) is 5.14. The van der Waals surface area contributed by atoms with Gasteiger partial charge in [-0.25, -0.2) is 0 Å². The minimum absolute atomic E-state index is 0.173. The van der Waals surface area contributed by atoms with E-state index < -0.39 is 0 Å². The van der Waals surface area contributed by atoms with E-state index in [0.717, 1.165) is 64.2 Å². The van der Waals surface area contributed by atoms with Crippen molar-refractivity contribution in [2.75, 3.05) is 52.5 Å². The number of nitrogens with one attached hydrogen (secondary N) is 1. The van der Waals surface area contributed by atoms with E-state index in [9.17, 15) is 0 Å². The summed E-state index contributed by atoms with van der Waals surface area (Å²) >= 11 is 0. The quantitative estimate of drug-likeness (QED) is 0.587. The van der Waals surface area contributed by atoms with Crippen LogP contribution >= 0.6 is 0 Å². The van der Waals surface area contributed by atoms with Gasteiger partial charge in [0.1, 0.15) is 12.4 Å². The van der Waals surface area contributed by atoms with E-state index in [1.165, 1.54) is 6.42 Å². The monoisotopic (exact) mass is 400 g/mol. The van der Waals surface area contributed by atoms with Gasteiger partial charge in [0.15, 0.2) is 5.96 Å². The summed E-state index contributed by atoms with van der Waals surface area (Å²) in [5.74, 6) is 2.66. The van der Waals surface area contributed by atoms with E-state index in [-0.39, 0.29) is 5.41 Å². The summed E-state index contributed by atoms with van der Waals surface area (Å²) < 4.78 is 11.8. The molecule has 2 heterocycles. The van der Waals surface area contributed by atoms with Crippen molar-refractivity contribution in [3.63, 3.8) is 0 Å². The van der Waals surface area contributed by atoms with Gasteiger partial charge in [-0.3, -0.25) is 9.89 Å². The summed E-state index contributed by atoms with van der Waals surface area (Å²) in [4.78, 5) is 9.73. The SMILES string of the molecule is CCN=C(NC1C2CCOC2C1(C)C)N1CCN(CCOc2ccccc2)CC1. The molecule has 0 amide bonds. The number of hydrogen-bond acceptors (Lipinski definition) is 4. The van der Waals surface area contributed by atoms with Gasteiger partial charge in [0, 0.05) is 63.3 Å². The van der Waals surface area contributed by atoms with Crippen molar-refractivity contribution in [2.45, 2.75) is 39.3 Å². The number of guanidine groups is 1. The van der Waals surface area contributed by atoms with Crippen molar-refractivity contribution < 1.29 is 9.47 Å². The van der Waals surface area contributed by atoms with Gasteiger partial charge >= 0.3 is 0 Å². The smallest absolute Gasteiger partial charge is 0.194 e. The van der Waals surface area contributed by atoms with Crippen LogP contribution in [-0.2, 0) is 4.74 Å². The number of rotatable bonds is 6. The molecule has 4 rings (SSSR count). The minimum atomic E-state index is 0.173. The molecule has 0 aromatic heterocycles. The number of nitrogens with zero attached hydrogens (tertiary/aromatic N) is 3. The molecule has 1 saturated carbocycles. The predicted octanol–water partition coefficient (Wildman–Crippen LogP) is 2.46. The van der Waals surface area contributed by atoms with Gasteiger partial charge in [0.25, 0.3) is 0 Å². The third-order valence-corrected chi connectivity index (χ3v) is 6.78. The van der Waals surface area contributed by atoms with Gasteiger partial charge in [-0.15, -0.1) is 0 Å². The highest BCUT2D eigenvalue weighted by Crippen LogP contribution is 2.52. The van der Waals surface area contributed by atoms with E-state index in [1.807, 2.05) is 30.3 Å². The standard InChI is InChI=1S/C23H36N4O2/c1-4-24-22(25-20-19-10-16-29-21(19)23(20,2)3)27-13-11-26(12-14-27)15-17-28-18-8-6-5-7-9-18/h5-9,19-21H,4,10-17H2,1-3H3,(H,24,25).